The summed E-state index contributed by atoms with van der Waals surface area (Å²) in [6.07, 6.45) is -1.26. The summed E-state index contributed by atoms with van der Waals surface area (Å²) in [7, 11) is 0. The first-order chi connectivity index (χ1) is 9.46. The molecule has 0 amide bonds. The van der Waals surface area contributed by atoms with E-state index < -0.39 is 23.9 Å². The Morgan fingerprint density at radius 3 is 2.85 bits per heavy atom. The molecule has 4 atom stereocenters. The highest BCUT2D eigenvalue weighted by molar-refractivity contribution is 5.69. The van der Waals surface area contributed by atoms with Gasteiger partial charge < -0.3 is 25.8 Å². The summed E-state index contributed by atoms with van der Waals surface area (Å²) in [6.45, 7) is 1.11. The van der Waals surface area contributed by atoms with E-state index in [0.717, 1.165) is 0 Å². The van der Waals surface area contributed by atoms with Gasteiger partial charge in [-0.2, -0.15) is 5.10 Å². The molecule has 7 heteroatoms. The molecule has 0 radical (unpaired) electrons. The fourth-order valence-electron chi connectivity index (χ4n) is 2.69. The molecule has 0 aromatic carbocycles. The second-order valence-electron chi connectivity index (χ2n) is 5.25. The molecule has 0 aliphatic carbocycles. The van der Waals surface area contributed by atoms with Crippen LogP contribution in [-0.2, 0) is 4.74 Å². The summed E-state index contributed by atoms with van der Waals surface area (Å²) in [5.41, 5.74) is 6.18. The van der Waals surface area contributed by atoms with Gasteiger partial charge in [0.15, 0.2) is 0 Å². The molecule has 0 saturated carbocycles. The number of anilines is 1. The van der Waals surface area contributed by atoms with Crippen molar-refractivity contribution in [3.8, 4) is 0 Å². The minimum Gasteiger partial charge on any atom is -0.397 e. The number of aliphatic hydroxyl groups is 3. The highest BCUT2D eigenvalue weighted by atomic mass is 16.6. The number of hydrogen-bond acceptors (Lipinski definition) is 6. The minimum absolute atomic E-state index is 0.368. The Morgan fingerprint density at radius 2 is 2.20 bits per heavy atom. The maximum Gasteiger partial charge on any atom is 0.131 e. The standard InChI is InChI=1S/C13H17N3O4/c1-13(19)11(18)10(6-17)20-12(13)9-3-2-8-7(14)4-5-15-16(8)9/h2-5,10-12,17-19H,6,14H2,1H3/t10-,11-,12+,13-/m1/s1. The molecule has 1 saturated heterocycles. The SMILES string of the molecule is C[C@@]1(O)[C@H](O)[C@@H](CO)O[C@H]1c1ccc2c(N)ccnn12. The predicted molar refractivity (Wildman–Crippen MR) is 70.9 cm³/mol. The van der Waals surface area contributed by atoms with Gasteiger partial charge in [0, 0.05) is 6.20 Å². The van der Waals surface area contributed by atoms with E-state index in [1.54, 1.807) is 28.9 Å². The van der Waals surface area contributed by atoms with Crippen LogP contribution in [0.5, 0.6) is 0 Å². The van der Waals surface area contributed by atoms with Gasteiger partial charge in [0.1, 0.15) is 23.9 Å². The van der Waals surface area contributed by atoms with E-state index in [4.69, 9.17) is 10.5 Å². The molecule has 0 spiro atoms. The minimum atomic E-state index is -1.52. The van der Waals surface area contributed by atoms with Crippen LogP contribution in [0.3, 0.4) is 0 Å². The van der Waals surface area contributed by atoms with Crippen LogP contribution in [0, 0.1) is 0 Å². The third-order valence-electron chi connectivity index (χ3n) is 3.86. The molecule has 5 N–H and O–H groups in total. The molecule has 1 aliphatic heterocycles. The molecular weight excluding hydrogens is 262 g/mol. The van der Waals surface area contributed by atoms with Gasteiger partial charge in [-0.3, -0.25) is 0 Å². The first-order valence-corrected chi connectivity index (χ1v) is 6.35. The molecule has 3 rings (SSSR count). The third kappa shape index (κ3) is 1.71. The van der Waals surface area contributed by atoms with Crippen molar-refractivity contribution in [2.24, 2.45) is 0 Å². The van der Waals surface area contributed by atoms with Crippen molar-refractivity contribution in [2.45, 2.75) is 30.8 Å². The quantitative estimate of drug-likeness (QED) is 0.587. The Kier molecular flexibility index (Phi) is 2.94. The van der Waals surface area contributed by atoms with Crippen molar-refractivity contribution in [1.82, 2.24) is 9.61 Å². The molecule has 0 unspecified atom stereocenters. The van der Waals surface area contributed by atoms with E-state index in [1.807, 2.05) is 0 Å². The zero-order valence-corrected chi connectivity index (χ0v) is 11.0. The Labute approximate surface area is 115 Å². The number of rotatable bonds is 2. The Morgan fingerprint density at radius 1 is 1.45 bits per heavy atom. The summed E-state index contributed by atoms with van der Waals surface area (Å²) in [5.74, 6) is 0. The summed E-state index contributed by atoms with van der Waals surface area (Å²) in [6, 6.07) is 5.19. The number of hydrogen-bond donors (Lipinski definition) is 4. The average Bonchev–Trinajstić information content (AvgIpc) is 2.92. The molecular formula is C13H17N3O4. The summed E-state index contributed by atoms with van der Waals surface area (Å²) in [5, 5.41) is 33.9. The van der Waals surface area contributed by atoms with E-state index in [0.29, 0.717) is 16.9 Å². The van der Waals surface area contributed by atoms with Crippen molar-refractivity contribution < 1.29 is 20.1 Å². The predicted octanol–water partition coefficient (Wildman–Crippen LogP) is -0.539. The van der Waals surface area contributed by atoms with Gasteiger partial charge in [-0.15, -0.1) is 0 Å². The van der Waals surface area contributed by atoms with Crippen molar-refractivity contribution in [3.63, 3.8) is 0 Å². The summed E-state index contributed by atoms with van der Waals surface area (Å²) in [4.78, 5) is 0. The Hall–Kier alpha value is -1.67. The molecule has 1 aliphatic rings. The van der Waals surface area contributed by atoms with Crippen LogP contribution in [0.1, 0.15) is 18.7 Å². The first kappa shape index (κ1) is 13.3. The molecule has 108 valence electrons. The Balaban J connectivity index is 2.10. The zero-order chi connectivity index (χ0) is 14.5. The van der Waals surface area contributed by atoms with Crippen molar-refractivity contribution in [3.05, 3.63) is 30.1 Å². The number of aromatic nitrogens is 2. The highest BCUT2D eigenvalue weighted by Crippen LogP contribution is 2.41. The third-order valence-corrected chi connectivity index (χ3v) is 3.86. The first-order valence-electron chi connectivity index (χ1n) is 6.35. The second-order valence-corrected chi connectivity index (χ2v) is 5.25. The lowest BCUT2D eigenvalue weighted by Crippen LogP contribution is -2.43. The van der Waals surface area contributed by atoms with Gasteiger partial charge in [0.25, 0.3) is 0 Å². The number of nitrogen functional groups attached to an aromatic ring is 1. The van der Waals surface area contributed by atoms with E-state index in [2.05, 4.69) is 5.10 Å². The van der Waals surface area contributed by atoms with E-state index in [9.17, 15) is 15.3 Å². The monoisotopic (exact) mass is 279 g/mol. The van der Waals surface area contributed by atoms with Gasteiger partial charge in [0.2, 0.25) is 0 Å². The van der Waals surface area contributed by atoms with Gasteiger partial charge in [-0.05, 0) is 25.1 Å². The number of nitrogens with zero attached hydrogens (tertiary/aromatic N) is 2. The van der Waals surface area contributed by atoms with Crippen LogP contribution in [0.25, 0.3) is 5.52 Å². The highest BCUT2D eigenvalue weighted by Gasteiger charge is 2.53. The normalized spacial score (nSPS) is 33.9. The van der Waals surface area contributed by atoms with Crippen molar-refractivity contribution in [1.29, 1.82) is 0 Å². The average molecular weight is 279 g/mol. The lowest BCUT2D eigenvalue weighted by molar-refractivity contribution is -0.0664. The largest absolute Gasteiger partial charge is 0.397 e. The molecule has 2 aromatic heterocycles. The lowest BCUT2D eigenvalue weighted by atomic mass is 9.91. The zero-order valence-electron chi connectivity index (χ0n) is 11.0. The Bertz CT molecular complexity index is 640. The molecule has 0 bridgehead atoms. The van der Waals surface area contributed by atoms with Crippen molar-refractivity contribution in [2.75, 3.05) is 12.3 Å². The number of nitrogens with two attached hydrogens (primary N) is 1. The van der Waals surface area contributed by atoms with Crippen molar-refractivity contribution >= 4 is 11.2 Å². The number of ether oxygens (including phenoxy) is 1. The molecule has 1 fully saturated rings. The fraction of sp³-hybridized carbons (Fsp3) is 0.462. The van der Waals surface area contributed by atoms with E-state index in [-0.39, 0.29) is 6.61 Å². The van der Waals surface area contributed by atoms with Gasteiger partial charge in [-0.25, -0.2) is 4.52 Å². The fourth-order valence-corrected chi connectivity index (χ4v) is 2.69. The second kappa shape index (κ2) is 4.42. The van der Waals surface area contributed by atoms with Crippen LogP contribution in [0.15, 0.2) is 24.4 Å². The van der Waals surface area contributed by atoms with Gasteiger partial charge in [-0.1, -0.05) is 0 Å². The maximum absolute atomic E-state index is 10.5. The summed E-state index contributed by atoms with van der Waals surface area (Å²) >= 11 is 0. The molecule has 2 aromatic rings. The van der Waals surface area contributed by atoms with Crippen LogP contribution in [0.4, 0.5) is 5.69 Å². The van der Waals surface area contributed by atoms with Crippen LogP contribution < -0.4 is 5.73 Å². The maximum atomic E-state index is 10.5. The van der Waals surface area contributed by atoms with Gasteiger partial charge in [0.05, 0.1) is 23.5 Å². The van der Waals surface area contributed by atoms with Crippen LogP contribution in [-0.4, -0.2) is 49.3 Å². The number of fused-ring (bicyclic) bond motifs is 1. The van der Waals surface area contributed by atoms with Gasteiger partial charge >= 0.3 is 0 Å². The van der Waals surface area contributed by atoms with Crippen LogP contribution >= 0.6 is 0 Å². The topological polar surface area (TPSA) is 113 Å². The molecule has 20 heavy (non-hydrogen) atoms. The summed E-state index contributed by atoms with van der Waals surface area (Å²) < 4.78 is 7.15. The molecule has 3 heterocycles. The number of aliphatic hydroxyl groups excluding tert-OH is 2. The van der Waals surface area contributed by atoms with E-state index in [1.165, 1.54) is 6.92 Å². The van der Waals surface area contributed by atoms with Crippen LogP contribution in [0.2, 0.25) is 0 Å². The lowest BCUT2D eigenvalue weighted by Gasteiger charge is -2.26. The smallest absolute Gasteiger partial charge is 0.131 e. The van der Waals surface area contributed by atoms with E-state index >= 15 is 0 Å². The molecule has 7 nitrogen and oxygen atoms in total.